The van der Waals surface area contributed by atoms with Crippen LogP contribution < -0.4 is 5.73 Å². The van der Waals surface area contributed by atoms with Crippen molar-refractivity contribution < 1.29 is 4.79 Å². The maximum atomic E-state index is 11.2. The molecule has 0 spiro atoms. The van der Waals surface area contributed by atoms with Gasteiger partial charge in [0.25, 0.3) is 0 Å². The molecule has 18 heavy (non-hydrogen) atoms. The molecule has 0 radical (unpaired) electrons. The molecule has 0 aliphatic rings. The lowest BCUT2D eigenvalue weighted by molar-refractivity contribution is 0.101. The van der Waals surface area contributed by atoms with Crippen LogP contribution in [-0.4, -0.2) is 5.78 Å². The highest BCUT2D eigenvalue weighted by molar-refractivity contribution is 5.95. The molecule has 0 atom stereocenters. The lowest BCUT2D eigenvalue weighted by Gasteiger charge is -2.00. The summed E-state index contributed by atoms with van der Waals surface area (Å²) in [4.78, 5) is 11.2. The van der Waals surface area contributed by atoms with Gasteiger partial charge in [-0.1, -0.05) is 36.1 Å². The molecular weight excluding hydrogens is 222 g/mol. The normalized spacial score (nSPS) is 9.39. The van der Waals surface area contributed by atoms with Gasteiger partial charge in [-0.15, -0.1) is 0 Å². The highest BCUT2D eigenvalue weighted by Gasteiger charge is 2.01. The first-order valence-corrected chi connectivity index (χ1v) is 5.64. The number of nitrogens with two attached hydrogens (primary N) is 1. The van der Waals surface area contributed by atoms with Crippen LogP contribution in [0.15, 0.2) is 48.5 Å². The molecule has 0 aliphatic heterocycles. The van der Waals surface area contributed by atoms with E-state index in [2.05, 4.69) is 11.8 Å². The van der Waals surface area contributed by atoms with Crippen molar-refractivity contribution in [1.82, 2.24) is 0 Å². The van der Waals surface area contributed by atoms with E-state index >= 15 is 0 Å². The molecule has 2 rings (SSSR count). The Morgan fingerprint density at radius 2 is 1.78 bits per heavy atom. The molecule has 0 saturated carbocycles. The zero-order valence-corrected chi connectivity index (χ0v) is 10.1. The van der Waals surface area contributed by atoms with Crippen LogP contribution in [0.2, 0.25) is 0 Å². The summed E-state index contributed by atoms with van der Waals surface area (Å²) < 4.78 is 0. The first kappa shape index (κ1) is 11.9. The second kappa shape index (κ2) is 5.20. The van der Waals surface area contributed by atoms with Gasteiger partial charge in [0, 0.05) is 22.4 Å². The molecule has 0 bridgehead atoms. The van der Waals surface area contributed by atoms with Crippen LogP contribution in [0, 0.1) is 11.8 Å². The van der Waals surface area contributed by atoms with E-state index < -0.39 is 0 Å². The van der Waals surface area contributed by atoms with E-state index in [4.69, 9.17) is 5.73 Å². The predicted molar refractivity (Wildman–Crippen MR) is 73.3 cm³/mol. The first-order chi connectivity index (χ1) is 8.66. The quantitative estimate of drug-likeness (QED) is 0.469. The Morgan fingerprint density at radius 3 is 2.39 bits per heavy atom. The van der Waals surface area contributed by atoms with Crippen LogP contribution in [0.5, 0.6) is 0 Å². The van der Waals surface area contributed by atoms with Gasteiger partial charge in [0.05, 0.1) is 0 Å². The topological polar surface area (TPSA) is 43.1 Å². The SMILES string of the molecule is CC(=O)c1ccc(C#Cc2ccccc2)c(N)c1. The number of hydrogen-bond acceptors (Lipinski definition) is 2. The summed E-state index contributed by atoms with van der Waals surface area (Å²) in [5, 5.41) is 0. The van der Waals surface area contributed by atoms with Gasteiger partial charge in [-0.2, -0.15) is 0 Å². The number of nitrogen functional groups attached to an aromatic ring is 1. The van der Waals surface area contributed by atoms with Crippen molar-refractivity contribution in [2.24, 2.45) is 0 Å². The van der Waals surface area contributed by atoms with Crippen LogP contribution in [-0.2, 0) is 0 Å². The van der Waals surface area contributed by atoms with Crippen LogP contribution in [0.4, 0.5) is 5.69 Å². The first-order valence-electron chi connectivity index (χ1n) is 5.64. The van der Waals surface area contributed by atoms with E-state index in [0.717, 1.165) is 11.1 Å². The summed E-state index contributed by atoms with van der Waals surface area (Å²) >= 11 is 0. The fourth-order valence-corrected chi connectivity index (χ4v) is 1.56. The maximum Gasteiger partial charge on any atom is 0.159 e. The molecule has 0 saturated heterocycles. The highest BCUT2D eigenvalue weighted by atomic mass is 16.1. The average molecular weight is 235 g/mol. The fraction of sp³-hybridized carbons (Fsp3) is 0.0625. The van der Waals surface area contributed by atoms with Crippen molar-refractivity contribution in [3.05, 3.63) is 65.2 Å². The Labute approximate surface area is 106 Å². The number of carbonyl (C=O) groups is 1. The number of hydrogen-bond donors (Lipinski definition) is 1. The van der Waals surface area contributed by atoms with Gasteiger partial charge >= 0.3 is 0 Å². The summed E-state index contributed by atoms with van der Waals surface area (Å²) in [7, 11) is 0. The van der Waals surface area contributed by atoms with Gasteiger partial charge in [0.1, 0.15) is 0 Å². The lowest BCUT2D eigenvalue weighted by atomic mass is 10.1. The standard InChI is InChI=1S/C16H13NO/c1-12(18)15-10-9-14(16(17)11-15)8-7-13-5-3-2-4-6-13/h2-6,9-11H,17H2,1H3. The third-order valence-electron chi connectivity index (χ3n) is 2.57. The van der Waals surface area contributed by atoms with Crippen LogP contribution in [0.3, 0.4) is 0 Å². The van der Waals surface area contributed by atoms with Gasteiger partial charge in [0.15, 0.2) is 5.78 Å². The minimum Gasteiger partial charge on any atom is -0.398 e. The number of benzene rings is 2. The van der Waals surface area contributed by atoms with Crippen LogP contribution in [0.1, 0.15) is 28.4 Å². The minimum atomic E-state index is 0.00395. The number of carbonyl (C=O) groups excluding carboxylic acids is 1. The summed E-state index contributed by atoms with van der Waals surface area (Å²) in [6.07, 6.45) is 0. The smallest absolute Gasteiger partial charge is 0.159 e. The summed E-state index contributed by atoms with van der Waals surface area (Å²) in [6, 6.07) is 14.9. The second-order valence-corrected chi connectivity index (χ2v) is 3.97. The molecule has 2 N–H and O–H groups in total. The lowest BCUT2D eigenvalue weighted by Crippen LogP contribution is -1.96. The molecule has 0 unspecified atom stereocenters. The summed E-state index contributed by atoms with van der Waals surface area (Å²) in [6.45, 7) is 1.52. The van der Waals surface area contributed by atoms with E-state index in [0.29, 0.717) is 11.3 Å². The van der Waals surface area contributed by atoms with E-state index in [1.165, 1.54) is 6.92 Å². The molecule has 88 valence electrons. The number of rotatable bonds is 1. The van der Waals surface area contributed by atoms with Crippen molar-refractivity contribution in [2.75, 3.05) is 5.73 Å². The molecule has 2 aromatic carbocycles. The van der Waals surface area contributed by atoms with Gasteiger partial charge in [-0.3, -0.25) is 4.79 Å². The Bertz CT molecular complexity index is 633. The van der Waals surface area contributed by atoms with Gasteiger partial charge in [0.2, 0.25) is 0 Å². The molecule has 0 aliphatic carbocycles. The third-order valence-corrected chi connectivity index (χ3v) is 2.57. The van der Waals surface area contributed by atoms with E-state index in [-0.39, 0.29) is 5.78 Å². The van der Waals surface area contributed by atoms with Crippen molar-refractivity contribution in [1.29, 1.82) is 0 Å². The Kier molecular flexibility index (Phi) is 3.45. The second-order valence-electron chi connectivity index (χ2n) is 3.97. The van der Waals surface area contributed by atoms with E-state index in [9.17, 15) is 4.79 Å². The van der Waals surface area contributed by atoms with E-state index in [1.54, 1.807) is 18.2 Å². The molecule has 0 aromatic heterocycles. The number of Topliss-reactive ketones (excluding diaryl/α,β-unsaturated/α-hetero) is 1. The monoisotopic (exact) mass is 235 g/mol. The molecule has 2 aromatic rings. The zero-order chi connectivity index (χ0) is 13.0. The summed E-state index contributed by atoms with van der Waals surface area (Å²) in [5.74, 6) is 6.05. The van der Waals surface area contributed by atoms with Crippen molar-refractivity contribution in [3.8, 4) is 11.8 Å². The molecule has 0 fully saturated rings. The average Bonchev–Trinajstić information content (AvgIpc) is 2.38. The number of ketones is 1. The maximum absolute atomic E-state index is 11.2. The fourth-order valence-electron chi connectivity index (χ4n) is 1.56. The molecule has 0 amide bonds. The third kappa shape index (κ3) is 2.78. The largest absolute Gasteiger partial charge is 0.398 e. The Balaban J connectivity index is 2.31. The molecular formula is C16H13NO. The minimum absolute atomic E-state index is 0.00395. The number of anilines is 1. The van der Waals surface area contributed by atoms with Gasteiger partial charge in [-0.25, -0.2) is 0 Å². The van der Waals surface area contributed by atoms with Crippen LogP contribution >= 0.6 is 0 Å². The highest BCUT2D eigenvalue weighted by Crippen LogP contribution is 2.13. The van der Waals surface area contributed by atoms with E-state index in [1.807, 2.05) is 30.3 Å². The molecule has 2 heteroatoms. The molecule has 0 heterocycles. The van der Waals surface area contributed by atoms with Crippen molar-refractivity contribution >= 4 is 11.5 Å². The predicted octanol–water partition coefficient (Wildman–Crippen LogP) is 2.87. The van der Waals surface area contributed by atoms with Crippen molar-refractivity contribution in [2.45, 2.75) is 6.92 Å². The van der Waals surface area contributed by atoms with Crippen molar-refractivity contribution in [3.63, 3.8) is 0 Å². The summed E-state index contributed by atoms with van der Waals surface area (Å²) in [5.41, 5.74) is 8.69. The zero-order valence-electron chi connectivity index (χ0n) is 10.1. The molecule has 2 nitrogen and oxygen atoms in total. The van der Waals surface area contributed by atoms with Gasteiger partial charge < -0.3 is 5.73 Å². The van der Waals surface area contributed by atoms with Crippen LogP contribution in [0.25, 0.3) is 0 Å². The Hall–Kier alpha value is -2.53. The van der Waals surface area contributed by atoms with Gasteiger partial charge in [-0.05, 0) is 31.2 Å². The Morgan fingerprint density at radius 1 is 1.06 bits per heavy atom.